The van der Waals surface area contributed by atoms with Gasteiger partial charge in [-0.2, -0.15) is 0 Å². The third-order valence-corrected chi connectivity index (χ3v) is 2.13. The summed E-state index contributed by atoms with van der Waals surface area (Å²) in [7, 11) is 0. The second-order valence-electron chi connectivity index (χ2n) is 3.38. The predicted molar refractivity (Wildman–Crippen MR) is 66.1 cm³/mol. The van der Waals surface area contributed by atoms with E-state index in [4.69, 9.17) is 4.74 Å². The van der Waals surface area contributed by atoms with Gasteiger partial charge in [0.1, 0.15) is 24.5 Å². The molecule has 0 spiro atoms. The molecule has 0 unspecified atom stereocenters. The summed E-state index contributed by atoms with van der Waals surface area (Å²) in [6.45, 7) is 6.94. The largest absolute Gasteiger partial charge is 0.465 e. The zero-order chi connectivity index (χ0) is 12.7. The molecule has 0 radical (unpaired) electrons. The van der Waals surface area contributed by atoms with E-state index in [9.17, 15) is 4.79 Å². The van der Waals surface area contributed by atoms with E-state index in [0.29, 0.717) is 12.4 Å². The molecule has 17 heavy (non-hydrogen) atoms. The minimum atomic E-state index is -0.296. The lowest BCUT2D eigenvalue weighted by Gasteiger charge is -2.11. The van der Waals surface area contributed by atoms with E-state index >= 15 is 0 Å². The monoisotopic (exact) mass is 238 g/mol. The molecular formula is C11H18N4O2. The van der Waals surface area contributed by atoms with Crippen molar-refractivity contribution in [3.8, 4) is 0 Å². The van der Waals surface area contributed by atoms with Crippen molar-refractivity contribution in [2.75, 3.05) is 30.3 Å². The molecule has 0 bridgehead atoms. The quantitative estimate of drug-likeness (QED) is 0.725. The van der Waals surface area contributed by atoms with E-state index in [-0.39, 0.29) is 12.5 Å². The van der Waals surface area contributed by atoms with Gasteiger partial charge in [-0.1, -0.05) is 0 Å². The Hall–Kier alpha value is -1.85. The van der Waals surface area contributed by atoms with Crippen LogP contribution in [-0.4, -0.2) is 35.6 Å². The number of hydrogen-bond donors (Lipinski definition) is 2. The molecule has 2 N–H and O–H groups in total. The van der Waals surface area contributed by atoms with Gasteiger partial charge in [-0.15, -0.1) is 0 Å². The van der Waals surface area contributed by atoms with Crippen molar-refractivity contribution in [1.82, 2.24) is 9.97 Å². The lowest BCUT2D eigenvalue weighted by atomic mass is 10.3. The van der Waals surface area contributed by atoms with Crippen LogP contribution in [0.25, 0.3) is 0 Å². The highest BCUT2D eigenvalue weighted by atomic mass is 16.5. The summed E-state index contributed by atoms with van der Waals surface area (Å²) in [5, 5.41) is 6.05. The Kier molecular flexibility index (Phi) is 5.19. The van der Waals surface area contributed by atoms with Crippen LogP contribution in [0.4, 0.5) is 11.6 Å². The standard InChI is InChI=1S/C11H18N4O2/c1-4-12-10-8(3)11(15-7-14-10)13-6-9(16)17-5-2/h7H,4-6H2,1-3H3,(H2,12,13,14,15). The molecule has 6 heteroatoms. The molecule has 0 aliphatic rings. The first-order chi connectivity index (χ1) is 8.19. The number of aromatic nitrogens is 2. The van der Waals surface area contributed by atoms with Gasteiger partial charge in [0.25, 0.3) is 0 Å². The molecule has 0 aliphatic carbocycles. The Morgan fingerprint density at radius 2 is 1.94 bits per heavy atom. The van der Waals surface area contributed by atoms with Crippen LogP contribution in [0.1, 0.15) is 19.4 Å². The molecule has 0 fully saturated rings. The van der Waals surface area contributed by atoms with E-state index in [1.165, 1.54) is 6.33 Å². The van der Waals surface area contributed by atoms with E-state index in [0.717, 1.165) is 17.9 Å². The molecule has 1 rings (SSSR count). The van der Waals surface area contributed by atoms with E-state index in [2.05, 4.69) is 20.6 Å². The first-order valence-corrected chi connectivity index (χ1v) is 5.64. The number of carbonyl (C=O) groups excluding carboxylic acids is 1. The topological polar surface area (TPSA) is 76.1 Å². The van der Waals surface area contributed by atoms with Crippen LogP contribution < -0.4 is 10.6 Å². The van der Waals surface area contributed by atoms with Gasteiger partial charge in [-0.25, -0.2) is 9.97 Å². The lowest BCUT2D eigenvalue weighted by molar-refractivity contribution is -0.140. The van der Waals surface area contributed by atoms with E-state index < -0.39 is 0 Å². The van der Waals surface area contributed by atoms with Gasteiger partial charge in [-0.3, -0.25) is 4.79 Å². The zero-order valence-corrected chi connectivity index (χ0v) is 10.4. The first kappa shape index (κ1) is 13.2. The number of carbonyl (C=O) groups is 1. The molecular weight excluding hydrogens is 220 g/mol. The number of hydrogen-bond acceptors (Lipinski definition) is 6. The molecule has 94 valence electrons. The molecule has 1 aromatic heterocycles. The fraction of sp³-hybridized carbons (Fsp3) is 0.545. The minimum Gasteiger partial charge on any atom is -0.465 e. The van der Waals surface area contributed by atoms with Crippen molar-refractivity contribution in [1.29, 1.82) is 0 Å². The lowest BCUT2D eigenvalue weighted by Crippen LogP contribution is -2.18. The number of nitrogens with one attached hydrogen (secondary N) is 2. The summed E-state index contributed by atoms with van der Waals surface area (Å²) in [6, 6.07) is 0. The van der Waals surface area contributed by atoms with E-state index in [1.807, 2.05) is 13.8 Å². The molecule has 1 aromatic rings. The third-order valence-electron chi connectivity index (χ3n) is 2.13. The average Bonchev–Trinajstić information content (AvgIpc) is 2.31. The molecule has 0 saturated carbocycles. The van der Waals surface area contributed by atoms with Crippen molar-refractivity contribution in [3.63, 3.8) is 0 Å². The van der Waals surface area contributed by atoms with Gasteiger partial charge in [0, 0.05) is 12.1 Å². The average molecular weight is 238 g/mol. The molecule has 0 aromatic carbocycles. The van der Waals surface area contributed by atoms with Gasteiger partial charge in [0.05, 0.1) is 6.61 Å². The van der Waals surface area contributed by atoms with Gasteiger partial charge in [0.2, 0.25) is 0 Å². The number of rotatable bonds is 6. The number of anilines is 2. The fourth-order valence-electron chi connectivity index (χ4n) is 1.34. The Bertz CT molecular complexity index is 382. The van der Waals surface area contributed by atoms with Crippen LogP contribution in [-0.2, 0) is 9.53 Å². The second-order valence-corrected chi connectivity index (χ2v) is 3.38. The molecule has 0 atom stereocenters. The predicted octanol–water partition coefficient (Wildman–Crippen LogP) is 1.19. The summed E-state index contributed by atoms with van der Waals surface area (Å²) < 4.78 is 4.82. The van der Waals surface area contributed by atoms with Gasteiger partial charge in [0.15, 0.2) is 0 Å². The summed E-state index contributed by atoms with van der Waals surface area (Å²) >= 11 is 0. The molecule has 1 heterocycles. The van der Waals surface area contributed by atoms with Crippen molar-refractivity contribution in [2.24, 2.45) is 0 Å². The Labute approximate surface area is 101 Å². The number of esters is 1. The van der Waals surface area contributed by atoms with Crippen molar-refractivity contribution >= 4 is 17.6 Å². The maximum atomic E-state index is 11.2. The number of ether oxygens (including phenoxy) is 1. The molecule has 0 aliphatic heterocycles. The Balaban J connectivity index is 2.64. The van der Waals surface area contributed by atoms with Crippen LogP contribution in [0, 0.1) is 6.92 Å². The first-order valence-electron chi connectivity index (χ1n) is 5.64. The van der Waals surface area contributed by atoms with Crippen LogP contribution in [0.15, 0.2) is 6.33 Å². The maximum Gasteiger partial charge on any atom is 0.325 e. The minimum absolute atomic E-state index is 0.108. The summed E-state index contributed by atoms with van der Waals surface area (Å²) in [5.41, 5.74) is 0.888. The fourth-order valence-corrected chi connectivity index (χ4v) is 1.34. The summed E-state index contributed by atoms with van der Waals surface area (Å²) in [5.74, 6) is 1.12. The molecule has 6 nitrogen and oxygen atoms in total. The van der Waals surface area contributed by atoms with Crippen LogP contribution in [0.3, 0.4) is 0 Å². The van der Waals surface area contributed by atoms with Gasteiger partial charge >= 0.3 is 5.97 Å². The van der Waals surface area contributed by atoms with Crippen molar-refractivity contribution in [2.45, 2.75) is 20.8 Å². The van der Waals surface area contributed by atoms with Crippen molar-refractivity contribution < 1.29 is 9.53 Å². The Morgan fingerprint density at radius 3 is 2.53 bits per heavy atom. The van der Waals surface area contributed by atoms with Gasteiger partial charge in [-0.05, 0) is 20.8 Å². The molecule has 0 amide bonds. The van der Waals surface area contributed by atoms with Gasteiger partial charge < -0.3 is 15.4 Å². The smallest absolute Gasteiger partial charge is 0.325 e. The third kappa shape index (κ3) is 3.90. The number of nitrogens with zero attached hydrogens (tertiary/aromatic N) is 2. The maximum absolute atomic E-state index is 11.2. The highest BCUT2D eigenvalue weighted by molar-refractivity contribution is 5.75. The summed E-state index contributed by atoms with van der Waals surface area (Å²) in [4.78, 5) is 19.4. The normalized spacial score (nSPS) is 9.82. The second kappa shape index (κ2) is 6.67. The molecule has 0 saturated heterocycles. The highest BCUT2D eigenvalue weighted by Gasteiger charge is 2.07. The zero-order valence-electron chi connectivity index (χ0n) is 10.4. The van der Waals surface area contributed by atoms with Crippen LogP contribution >= 0.6 is 0 Å². The Morgan fingerprint density at radius 1 is 1.29 bits per heavy atom. The SMILES string of the molecule is CCNc1ncnc(NCC(=O)OCC)c1C. The summed E-state index contributed by atoms with van der Waals surface area (Å²) in [6.07, 6.45) is 1.46. The van der Waals surface area contributed by atoms with Crippen LogP contribution in [0.5, 0.6) is 0 Å². The van der Waals surface area contributed by atoms with Crippen LogP contribution in [0.2, 0.25) is 0 Å². The highest BCUT2D eigenvalue weighted by Crippen LogP contribution is 2.17. The van der Waals surface area contributed by atoms with Crippen molar-refractivity contribution in [3.05, 3.63) is 11.9 Å². The van der Waals surface area contributed by atoms with E-state index in [1.54, 1.807) is 6.92 Å².